The van der Waals surface area contributed by atoms with Crippen molar-refractivity contribution < 1.29 is 20.1 Å². The van der Waals surface area contributed by atoms with Crippen LogP contribution in [0.4, 0.5) is 0 Å². The van der Waals surface area contributed by atoms with E-state index in [2.05, 4.69) is 6.92 Å². The summed E-state index contributed by atoms with van der Waals surface area (Å²) in [6.45, 7) is 2.20. The maximum Gasteiger partial charge on any atom is 0.303 e. The number of hydrogen-bond donors (Lipinski definition) is 3. The Balaban J connectivity index is 1.46. The van der Waals surface area contributed by atoms with Gasteiger partial charge in [0.1, 0.15) is 0 Å². The van der Waals surface area contributed by atoms with Gasteiger partial charge in [0.05, 0.1) is 12.2 Å². The van der Waals surface area contributed by atoms with Crippen LogP contribution in [0, 0.1) is 47.3 Å². The summed E-state index contributed by atoms with van der Waals surface area (Å²) in [7, 11) is 0. The lowest BCUT2D eigenvalue weighted by Gasteiger charge is -2.54. The van der Waals surface area contributed by atoms with Gasteiger partial charge in [-0.15, -0.1) is 0 Å². The molecule has 0 aromatic carbocycles. The Bertz CT molecular complexity index is 520. The first-order valence-electron chi connectivity index (χ1n) is 11.0. The molecule has 3 N–H and O–H groups in total. The van der Waals surface area contributed by atoms with Crippen molar-refractivity contribution in [2.24, 2.45) is 47.3 Å². The number of carbonyl (C=O) groups is 1. The minimum absolute atomic E-state index is 0.0972. The highest BCUT2D eigenvalue weighted by Gasteiger charge is 2.55. The van der Waals surface area contributed by atoms with Gasteiger partial charge in [-0.2, -0.15) is 0 Å². The van der Waals surface area contributed by atoms with Crippen LogP contribution in [0.25, 0.3) is 0 Å². The Morgan fingerprint density at radius 2 is 1.65 bits per heavy atom. The van der Waals surface area contributed by atoms with Crippen LogP contribution >= 0.6 is 0 Å². The Hall–Kier alpha value is -0.610. The van der Waals surface area contributed by atoms with Crippen molar-refractivity contribution in [1.82, 2.24) is 0 Å². The molecule has 0 aromatic rings. The summed E-state index contributed by atoms with van der Waals surface area (Å²) in [5.74, 6) is 4.05. The van der Waals surface area contributed by atoms with Crippen LogP contribution in [-0.2, 0) is 4.79 Å². The molecular weight excluding hydrogens is 328 g/mol. The first-order valence-corrected chi connectivity index (χ1v) is 11.0. The Kier molecular flexibility index (Phi) is 5.35. The van der Waals surface area contributed by atoms with Gasteiger partial charge in [-0.3, -0.25) is 4.79 Å². The molecule has 0 amide bonds. The second-order valence-electron chi connectivity index (χ2n) is 9.99. The fraction of sp³-hybridized carbons (Fsp3) is 0.955. The van der Waals surface area contributed by atoms with Crippen LogP contribution in [0.2, 0.25) is 0 Å². The molecule has 0 saturated heterocycles. The van der Waals surface area contributed by atoms with E-state index in [1.54, 1.807) is 0 Å². The smallest absolute Gasteiger partial charge is 0.303 e. The molecule has 4 saturated carbocycles. The fourth-order valence-electron chi connectivity index (χ4n) is 7.80. The van der Waals surface area contributed by atoms with Crippen molar-refractivity contribution in [2.75, 3.05) is 0 Å². The normalized spacial score (nSPS) is 49.0. The van der Waals surface area contributed by atoms with Crippen LogP contribution < -0.4 is 0 Å². The van der Waals surface area contributed by atoms with E-state index in [0.29, 0.717) is 35.5 Å². The molecule has 10 atom stereocenters. The van der Waals surface area contributed by atoms with Gasteiger partial charge >= 0.3 is 5.97 Å². The van der Waals surface area contributed by atoms with Gasteiger partial charge in [-0.25, -0.2) is 0 Å². The van der Waals surface area contributed by atoms with Crippen LogP contribution in [0.5, 0.6) is 0 Å². The maximum absolute atomic E-state index is 11.1. The zero-order valence-electron chi connectivity index (χ0n) is 16.1. The number of aliphatic hydroxyl groups excluding tert-OH is 2. The number of carboxylic acids is 1. The standard InChI is InChI=1S/C22H36O4/c1-12(2-9-21(25)26)15-7-8-18-17-5-3-13-10-14(23)4-6-16(13)19(17)11-20(24)22(15)18/h12-20,22-24H,2-11H2,1H3,(H,25,26)/t12?,13?,14?,15?,16-,17-,18-,19+,20?,22+/m0/s1. The number of aliphatic carboxylic acids is 1. The van der Waals surface area contributed by atoms with Gasteiger partial charge in [0.2, 0.25) is 0 Å². The van der Waals surface area contributed by atoms with E-state index in [9.17, 15) is 15.0 Å². The number of rotatable bonds is 4. The second-order valence-corrected chi connectivity index (χ2v) is 9.99. The van der Waals surface area contributed by atoms with Gasteiger partial charge in [0, 0.05) is 6.42 Å². The van der Waals surface area contributed by atoms with Crippen LogP contribution in [0.3, 0.4) is 0 Å². The van der Waals surface area contributed by atoms with Gasteiger partial charge in [-0.05, 0) is 105 Å². The lowest BCUT2D eigenvalue weighted by Crippen LogP contribution is -2.50. The van der Waals surface area contributed by atoms with E-state index in [4.69, 9.17) is 5.11 Å². The molecule has 4 rings (SSSR count). The number of aliphatic hydroxyl groups is 2. The maximum atomic E-state index is 11.1. The Labute approximate surface area is 157 Å². The summed E-state index contributed by atoms with van der Waals surface area (Å²) in [5.41, 5.74) is 0. The predicted octanol–water partition coefficient (Wildman–Crippen LogP) is 3.70. The fourth-order valence-corrected chi connectivity index (χ4v) is 7.80. The first kappa shape index (κ1) is 18.7. The van der Waals surface area contributed by atoms with E-state index < -0.39 is 5.97 Å². The molecule has 4 aliphatic rings. The molecule has 4 aliphatic carbocycles. The highest BCUT2D eigenvalue weighted by molar-refractivity contribution is 5.66. The van der Waals surface area contributed by atoms with Gasteiger partial charge < -0.3 is 15.3 Å². The van der Waals surface area contributed by atoms with Crippen LogP contribution in [0.15, 0.2) is 0 Å². The lowest BCUT2D eigenvalue weighted by atomic mass is 9.52. The zero-order valence-corrected chi connectivity index (χ0v) is 16.1. The Morgan fingerprint density at radius 1 is 0.923 bits per heavy atom. The number of carboxylic acid groups (broad SMARTS) is 1. The molecule has 0 bridgehead atoms. The molecule has 0 aliphatic heterocycles. The van der Waals surface area contributed by atoms with E-state index in [-0.39, 0.29) is 18.6 Å². The molecule has 148 valence electrons. The van der Waals surface area contributed by atoms with E-state index >= 15 is 0 Å². The quantitative estimate of drug-likeness (QED) is 0.711. The molecule has 0 radical (unpaired) electrons. The summed E-state index contributed by atoms with van der Waals surface area (Å²) < 4.78 is 0. The molecule has 0 spiro atoms. The SMILES string of the molecule is CC(CCC(=O)O)C1CC[C@@H]2[C@@H]1C(O)C[C@H]1[C@H]2CCC2CC(O)CC[C@@H]21. The summed E-state index contributed by atoms with van der Waals surface area (Å²) in [6.07, 6.45) is 9.66. The highest BCUT2D eigenvalue weighted by Crippen LogP contribution is 2.60. The van der Waals surface area contributed by atoms with Crippen molar-refractivity contribution in [3.05, 3.63) is 0 Å². The van der Waals surface area contributed by atoms with Crippen molar-refractivity contribution in [2.45, 2.75) is 83.3 Å². The van der Waals surface area contributed by atoms with Crippen LogP contribution in [0.1, 0.15) is 71.1 Å². The lowest BCUT2D eigenvalue weighted by molar-refractivity contribution is -0.137. The third-order valence-electron chi connectivity index (χ3n) is 8.86. The van der Waals surface area contributed by atoms with Crippen molar-refractivity contribution in [1.29, 1.82) is 0 Å². The molecule has 5 unspecified atom stereocenters. The number of hydrogen-bond acceptors (Lipinski definition) is 3. The van der Waals surface area contributed by atoms with Gasteiger partial charge in [0.25, 0.3) is 0 Å². The monoisotopic (exact) mass is 364 g/mol. The van der Waals surface area contributed by atoms with Crippen LogP contribution in [-0.4, -0.2) is 33.5 Å². The molecule has 4 fully saturated rings. The van der Waals surface area contributed by atoms with E-state index in [1.807, 2.05) is 0 Å². The summed E-state index contributed by atoms with van der Waals surface area (Å²) in [4.78, 5) is 10.9. The molecule has 26 heavy (non-hydrogen) atoms. The molecule has 0 heterocycles. The highest BCUT2D eigenvalue weighted by atomic mass is 16.4. The van der Waals surface area contributed by atoms with Crippen molar-refractivity contribution >= 4 is 5.97 Å². The topological polar surface area (TPSA) is 77.8 Å². The second kappa shape index (κ2) is 7.43. The number of fused-ring (bicyclic) bond motifs is 5. The van der Waals surface area contributed by atoms with Crippen molar-refractivity contribution in [3.8, 4) is 0 Å². The predicted molar refractivity (Wildman–Crippen MR) is 99.4 cm³/mol. The molecular formula is C22H36O4. The largest absolute Gasteiger partial charge is 0.481 e. The Morgan fingerprint density at radius 3 is 2.42 bits per heavy atom. The third-order valence-corrected chi connectivity index (χ3v) is 8.86. The summed E-state index contributed by atoms with van der Waals surface area (Å²) in [5, 5.41) is 30.1. The van der Waals surface area contributed by atoms with E-state index in [0.717, 1.165) is 43.9 Å². The van der Waals surface area contributed by atoms with Gasteiger partial charge in [0.15, 0.2) is 0 Å². The third kappa shape index (κ3) is 3.32. The average Bonchev–Trinajstić information content (AvgIpc) is 3.05. The molecule has 4 nitrogen and oxygen atoms in total. The first-order chi connectivity index (χ1) is 12.5. The molecule has 0 aromatic heterocycles. The minimum Gasteiger partial charge on any atom is -0.481 e. The summed E-state index contributed by atoms with van der Waals surface area (Å²) >= 11 is 0. The van der Waals surface area contributed by atoms with Crippen molar-refractivity contribution in [3.63, 3.8) is 0 Å². The zero-order chi connectivity index (χ0) is 18.4. The minimum atomic E-state index is -0.700. The molecule has 4 heteroatoms. The average molecular weight is 365 g/mol. The van der Waals surface area contributed by atoms with E-state index in [1.165, 1.54) is 25.7 Å². The summed E-state index contributed by atoms with van der Waals surface area (Å²) in [6, 6.07) is 0. The van der Waals surface area contributed by atoms with Gasteiger partial charge in [-0.1, -0.05) is 6.92 Å².